The molecular weight excluding hydrogens is 573 g/mol. The van der Waals surface area contributed by atoms with Gasteiger partial charge in [0.15, 0.2) is 5.82 Å². The molecule has 0 saturated carbocycles. The number of rotatable bonds is 5. The fourth-order valence-electron chi connectivity index (χ4n) is 6.60. The molecule has 0 radical (unpaired) electrons. The fourth-order valence-corrected chi connectivity index (χ4v) is 6.60. The molecule has 4 heteroatoms. The molecule has 0 N–H and O–H groups in total. The van der Waals surface area contributed by atoms with Crippen LogP contribution in [0.1, 0.15) is 0 Å². The Morgan fingerprint density at radius 1 is 0.404 bits per heavy atom. The molecule has 9 rings (SSSR count). The molecular formula is C43H28N4. The summed E-state index contributed by atoms with van der Waals surface area (Å²) in [6.07, 6.45) is 0. The van der Waals surface area contributed by atoms with Crippen LogP contribution >= 0.6 is 0 Å². The van der Waals surface area contributed by atoms with Gasteiger partial charge in [-0.1, -0.05) is 140 Å². The second-order valence-electron chi connectivity index (χ2n) is 11.7. The Labute approximate surface area is 272 Å². The molecule has 0 aliphatic carbocycles. The van der Waals surface area contributed by atoms with Crippen molar-refractivity contribution in [1.29, 1.82) is 0 Å². The van der Waals surface area contributed by atoms with Crippen molar-refractivity contribution in [2.24, 2.45) is 0 Å². The molecule has 0 atom stereocenters. The summed E-state index contributed by atoms with van der Waals surface area (Å²) in [5.41, 5.74) is 11.3. The van der Waals surface area contributed by atoms with E-state index in [2.05, 4.69) is 138 Å². The second-order valence-corrected chi connectivity index (χ2v) is 11.7. The van der Waals surface area contributed by atoms with E-state index in [0.717, 1.165) is 72.3 Å². The summed E-state index contributed by atoms with van der Waals surface area (Å²) in [5, 5.41) is 3.45. The van der Waals surface area contributed by atoms with Crippen LogP contribution in [0.2, 0.25) is 0 Å². The SMILES string of the molecule is c1ccc(-c2cc(-c3ccccc3)nc(-c3ccc(-c4nc5ccccc5c5c4c4ccccc4n5-c4ccccc4)cc3)n2)cc1. The van der Waals surface area contributed by atoms with E-state index in [9.17, 15) is 0 Å². The summed E-state index contributed by atoms with van der Waals surface area (Å²) >= 11 is 0. The van der Waals surface area contributed by atoms with Crippen LogP contribution in [-0.4, -0.2) is 19.5 Å². The molecule has 0 saturated heterocycles. The van der Waals surface area contributed by atoms with Gasteiger partial charge in [0.2, 0.25) is 0 Å². The Morgan fingerprint density at radius 2 is 0.936 bits per heavy atom. The lowest BCUT2D eigenvalue weighted by atomic mass is 10.0. The molecule has 0 spiro atoms. The molecule has 4 nitrogen and oxygen atoms in total. The standard InChI is InChI=1S/C43H28N4/c1-4-14-29(15-5-1)37-28-38(30-16-6-2-7-17-30)46-43(45-37)32-26-24-31(25-27-32)41-40-35-21-11-13-23-39(35)47(33-18-8-3-9-19-33)42(40)34-20-10-12-22-36(34)44-41/h1-28H. The predicted octanol–water partition coefficient (Wildman–Crippen LogP) is 10.8. The zero-order valence-electron chi connectivity index (χ0n) is 25.5. The Kier molecular flexibility index (Phi) is 6.43. The lowest BCUT2D eigenvalue weighted by molar-refractivity contribution is 1.18. The summed E-state index contributed by atoms with van der Waals surface area (Å²) in [6.45, 7) is 0. The van der Waals surface area contributed by atoms with Crippen molar-refractivity contribution in [2.75, 3.05) is 0 Å². The average Bonchev–Trinajstić information content (AvgIpc) is 3.51. The number of fused-ring (bicyclic) bond motifs is 5. The van der Waals surface area contributed by atoms with Crippen molar-refractivity contribution >= 4 is 32.7 Å². The van der Waals surface area contributed by atoms with E-state index in [1.807, 2.05) is 36.4 Å². The number of hydrogen-bond acceptors (Lipinski definition) is 3. The second kappa shape index (κ2) is 11.2. The molecule has 0 aliphatic rings. The van der Waals surface area contributed by atoms with Gasteiger partial charge < -0.3 is 4.57 Å². The maximum atomic E-state index is 5.30. The third kappa shape index (κ3) is 4.66. The van der Waals surface area contributed by atoms with Crippen LogP contribution in [0.15, 0.2) is 170 Å². The Morgan fingerprint density at radius 3 is 1.60 bits per heavy atom. The number of pyridine rings is 1. The van der Waals surface area contributed by atoms with Crippen molar-refractivity contribution in [3.63, 3.8) is 0 Å². The van der Waals surface area contributed by atoms with E-state index >= 15 is 0 Å². The first-order valence-electron chi connectivity index (χ1n) is 15.8. The minimum atomic E-state index is 0.689. The first-order valence-corrected chi connectivity index (χ1v) is 15.8. The van der Waals surface area contributed by atoms with Crippen molar-refractivity contribution in [2.45, 2.75) is 0 Å². The molecule has 0 amide bonds. The quantitative estimate of drug-likeness (QED) is 0.197. The first kappa shape index (κ1) is 27.0. The molecule has 47 heavy (non-hydrogen) atoms. The number of para-hydroxylation sites is 3. The van der Waals surface area contributed by atoms with Gasteiger partial charge >= 0.3 is 0 Å². The Balaban J connectivity index is 1.24. The average molecular weight is 601 g/mol. The maximum absolute atomic E-state index is 5.30. The molecule has 0 fully saturated rings. The van der Waals surface area contributed by atoms with Crippen molar-refractivity contribution in [3.05, 3.63) is 170 Å². The van der Waals surface area contributed by atoms with Crippen molar-refractivity contribution in [1.82, 2.24) is 19.5 Å². The van der Waals surface area contributed by atoms with Crippen LogP contribution in [0.4, 0.5) is 0 Å². The molecule has 220 valence electrons. The normalized spacial score (nSPS) is 11.4. The van der Waals surface area contributed by atoms with Crippen LogP contribution in [0.3, 0.4) is 0 Å². The summed E-state index contributed by atoms with van der Waals surface area (Å²) in [6, 6.07) is 58.8. The molecule has 0 aliphatic heterocycles. The van der Waals surface area contributed by atoms with Crippen LogP contribution in [0.5, 0.6) is 0 Å². The largest absolute Gasteiger partial charge is 0.308 e. The van der Waals surface area contributed by atoms with E-state index in [-0.39, 0.29) is 0 Å². The minimum Gasteiger partial charge on any atom is -0.308 e. The predicted molar refractivity (Wildman–Crippen MR) is 193 cm³/mol. The lowest BCUT2D eigenvalue weighted by Gasteiger charge is -2.12. The number of benzene rings is 6. The maximum Gasteiger partial charge on any atom is 0.160 e. The Bertz CT molecular complexity index is 2480. The third-order valence-electron chi connectivity index (χ3n) is 8.80. The first-order chi connectivity index (χ1) is 23.3. The highest BCUT2D eigenvalue weighted by Crippen LogP contribution is 2.41. The highest BCUT2D eigenvalue weighted by molar-refractivity contribution is 6.22. The van der Waals surface area contributed by atoms with E-state index < -0.39 is 0 Å². The van der Waals surface area contributed by atoms with Gasteiger partial charge in [-0.2, -0.15) is 0 Å². The molecule has 3 heterocycles. The highest BCUT2D eigenvalue weighted by atomic mass is 15.0. The highest BCUT2D eigenvalue weighted by Gasteiger charge is 2.20. The topological polar surface area (TPSA) is 43.6 Å². The summed E-state index contributed by atoms with van der Waals surface area (Å²) in [5.74, 6) is 0.689. The van der Waals surface area contributed by atoms with Crippen molar-refractivity contribution < 1.29 is 0 Å². The lowest BCUT2D eigenvalue weighted by Crippen LogP contribution is -1.96. The van der Waals surface area contributed by atoms with Gasteiger partial charge in [-0.3, -0.25) is 0 Å². The van der Waals surface area contributed by atoms with E-state index in [4.69, 9.17) is 15.0 Å². The molecule has 0 unspecified atom stereocenters. The van der Waals surface area contributed by atoms with E-state index in [1.54, 1.807) is 0 Å². The molecule has 9 aromatic rings. The zero-order valence-corrected chi connectivity index (χ0v) is 25.5. The third-order valence-corrected chi connectivity index (χ3v) is 8.80. The minimum absolute atomic E-state index is 0.689. The van der Waals surface area contributed by atoms with Crippen LogP contribution < -0.4 is 0 Å². The van der Waals surface area contributed by atoms with Crippen molar-refractivity contribution in [3.8, 4) is 50.8 Å². The van der Waals surface area contributed by atoms with Gasteiger partial charge in [-0.25, -0.2) is 15.0 Å². The zero-order chi connectivity index (χ0) is 31.2. The van der Waals surface area contributed by atoms with Gasteiger partial charge in [0, 0.05) is 44.1 Å². The fraction of sp³-hybridized carbons (Fsp3) is 0. The van der Waals surface area contributed by atoms with Crippen LogP contribution in [-0.2, 0) is 0 Å². The van der Waals surface area contributed by atoms with E-state index in [0.29, 0.717) is 5.82 Å². The van der Waals surface area contributed by atoms with Crippen LogP contribution in [0, 0.1) is 0 Å². The summed E-state index contributed by atoms with van der Waals surface area (Å²) < 4.78 is 2.38. The number of hydrogen-bond donors (Lipinski definition) is 0. The Hall–Kier alpha value is -6.39. The van der Waals surface area contributed by atoms with Gasteiger partial charge in [-0.15, -0.1) is 0 Å². The van der Waals surface area contributed by atoms with Gasteiger partial charge in [0.05, 0.1) is 33.6 Å². The molecule has 6 aromatic carbocycles. The van der Waals surface area contributed by atoms with Gasteiger partial charge in [-0.05, 0) is 30.3 Å². The summed E-state index contributed by atoms with van der Waals surface area (Å²) in [4.78, 5) is 15.4. The van der Waals surface area contributed by atoms with Crippen LogP contribution in [0.25, 0.3) is 83.6 Å². The molecule has 3 aromatic heterocycles. The molecule has 0 bridgehead atoms. The van der Waals surface area contributed by atoms with Gasteiger partial charge in [0.25, 0.3) is 0 Å². The monoisotopic (exact) mass is 600 g/mol. The summed E-state index contributed by atoms with van der Waals surface area (Å²) in [7, 11) is 0. The number of nitrogens with zero attached hydrogens (tertiary/aromatic N) is 4. The smallest absolute Gasteiger partial charge is 0.160 e. The van der Waals surface area contributed by atoms with E-state index in [1.165, 1.54) is 5.39 Å². The van der Waals surface area contributed by atoms with Gasteiger partial charge in [0.1, 0.15) is 0 Å². The number of aromatic nitrogens is 4.